The van der Waals surface area contributed by atoms with Crippen LogP contribution in [0.5, 0.6) is 0 Å². The molecule has 5 nitrogen and oxygen atoms in total. The molecule has 0 bridgehead atoms. The Bertz CT molecular complexity index is 604. The van der Waals surface area contributed by atoms with Gasteiger partial charge in [-0.25, -0.2) is 4.98 Å². The third-order valence-electron chi connectivity index (χ3n) is 4.29. The second-order valence-corrected chi connectivity index (χ2v) is 6.87. The molecule has 1 fully saturated rings. The standard InChI is InChI=1S/C18H25N3O2/c1-12(2)11-13-16(18(13,3)4)17(23)20-10-8-15(22)21-14-7-5-6-9-19-14/h5-7,9,11,13,16H,8,10H2,1-4H3,(H,20,23)(H,19,21,22)/t13-,16+/m1/s1. The van der Waals surface area contributed by atoms with Crippen molar-refractivity contribution in [2.75, 3.05) is 11.9 Å². The van der Waals surface area contributed by atoms with E-state index in [1.807, 2.05) is 19.9 Å². The Morgan fingerprint density at radius 1 is 1.30 bits per heavy atom. The lowest BCUT2D eigenvalue weighted by Gasteiger charge is -2.07. The fourth-order valence-corrected chi connectivity index (χ4v) is 2.90. The Morgan fingerprint density at radius 3 is 2.65 bits per heavy atom. The Kier molecular flexibility index (Phi) is 5.19. The predicted octanol–water partition coefficient (Wildman–Crippen LogP) is 2.76. The lowest BCUT2D eigenvalue weighted by molar-refractivity contribution is -0.123. The van der Waals surface area contributed by atoms with E-state index in [-0.39, 0.29) is 35.5 Å². The number of nitrogens with one attached hydrogen (secondary N) is 2. The lowest BCUT2D eigenvalue weighted by Crippen LogP contribution is -2.30. The maximum absolute atomic E-state index is 12.3. The summed E-state index contributed by atoms with van der Waals surface area (Å²) in [6.45, 7) is 8.65. The van der Waals surface area contributed by atoms with Crippen LogP contribution in [0.2, 0.25) is 0 Å². The van der Waals surface area contributed by atoms with Gasteiger partial charge < -0.3 is 10.6 Å². The van der Waals surface area contributed by atoms with E-state index in [9.17, 15) is 9.59 Å². The van der Waals surface area contributed by atoms with Crippen molar-refractivity contribution in [2.24, 2.45) is 17.3 Å². The first-order valence-electron chi connectivity index (χ1n) is 7.96. The predicted molar refractivity (Wildman–Crippen MR) is 90.7 cm³/mol. The Hall–Kier alpha value is -2.17. The van der Waals surface area contributed by atoms with Crippen LogP contribution < -0.4 is 10.6 Å². The molecule has 1 saturated carbocycles. The van der Waals surface area contributed by atoms with Crippen LogP contribution in [0, 0.1) is 17.3 Å². The van der Waals surface area contributed by atoms with E-state index in [1.165, 1.54) is 5.57 Å². The zero-order valence-corrected chi connectivity index (χ0v) is 14.2. The highest BCUT2D eigenvalue weighted by Gasteiger charge is 2.60. The van der Waals surface area contributed by atoms with Gasteiger partial charge in [-0.15, -0.1) is 0 Å². The molecule has 0 aliphatic heterocycles. The normalized spacial score (nSPS) is 21.2. The molecule has 2 atom stereocenters. The number of aromatic nitrogens is 1. The highest BCUT2D eigenvalue weighted by atomic mass is 16.2. The number of hydrogen-bond donors (Lipinski definition) is 2. The van der Waals surface area contributed by atoms with E-state index < -0.39 is 0 Å². The van der Waals surface area contributed by atoms with Crippen molar-refractivity contribution in [1.82, 2.24) is 10.3 Å². The minimum absolute atomic E-state index is 0.00241. The van der Waals surface area contributed by atoms with Gasteiger partial charge in [0.05, 0.1) is 5.92 Å². The van der Waals surface area contributed by atoms with Crippen LogP contribution in [0.1, 0.15) is 34.1 Å². The molecule has 1 aromatic heterocycles. The molecular formula is C18H25N3O2. The summed E-state index contributed by atoms with van der Waals surface area (Å²) in [4.78, 5) is 28.1. The quantitative estimate of drug-likeness (QED) is 0.793. The van der Waals surface area contributed by atoms with Gasteiger partial charge in [-0.3, -0.25) is 9.59 Å². The number of hydrogen-bond acceptors (Lipinski definition) is 3. The third kappa shape index (κ3) is 4.41. The molecule has 0 spiro atoms. The maximum atomic E-state index is 12.3. The number of nitrogens with zero attached hydrogens (tertiary/aromatic N) is 1. The van der Waals surface area contributed by atoms with Crippen molar-refractivity contribution in [3.8, 4) is 0 Å². The van der Waals surface area contributed by atoms with Crippen molar-refractivity contribution in [2.45, 2.75) is 34.1 Å². The maximum Gasteiger partial charge on any atom is 0.227 e. The molecule has 1 aromatic rings. The molecule has 1 heterocycles. The van der Waals surface area contributed by atoms with Gasteiger partial charge in [-0.2, -0.15) is 0 Å². The van der Waals surface area contributed by atoms with E-state index in [0.717, 1.165) is 0 Å². The Morgan fingerprint density at radius 2 is 2.04 bits per heavy atom. The monoisotopic (exact) mass is 315 g/mol. The van der Waals surface area contributed by atoms with Crippen molar-refractivity contribution >= 4 is 17.6 Å². The molecule has 5 heteroatoms. The van der Waals surface area contributed by atoms with Crippen LogP contribution >= 0.6 is 0 Å². The van der Waals surface area contributed by atoms with E-state index in [0.29, 0.717) is 12.4 Å². The molecule has 2 rings (SSSR count). The van der Waals surface area contributed by atoms with Crippen LogP contribution in [-0.2, 0) is 9.59 Å². The number of rotatable bonds is 6. The third-order valence-corrected chi connectivity index (χ3v) is 4.29. The SMILES string of the molecule is CC(C)=C[C@@H]1[C@@H](C(=O)NCCC(=O)Nc2ccccn2)C1(C)C. The van der Waals surface area contributed by atoms with Gasteiger partial charge in [0.15, 0.2) is 0 Å². The van der Waals surface area contributed by atoms with E-state index in [2.05, 4.69) is 35.5 Å². The minimum atomic E-state index is -0.153. The van der Waals surface area contributed by atoms with E-state index >= 15 is 0 Å². The minimum Gasteiger partial charge on any atom is -0.355 e. The van der Waals surface area contributed by atoms with Crippen LogP contribution in [-0.4, -0.2) is 23.3 Å². The number of pyridine rings is 1. The zero-order valence-electron chi connectivity index (χ0n) is 14.2. The largest absolute Gasteiger partial charge is 0.355 e. The van der Waals surface area contributed by atoms with Crippen molar-refractivity contribution < 1.29 is 9.59 Å². The van der Waals surface area contributed by atoms with Gasteiger partial charge in [0, 0.05) is 19.2 Å². The van der Waals surface area contributed by atoms with Crippen LogP contribution in [0.4, 0.5) is 5.82 Å². The molecule has 0 saturated heterocycles. The molecular weight excluding hydrogens is 290 g/mol. The van der Waals surface area contributed by atoms with Crippen LogP contribution in [0.3, 0.4) is 0 Å². The highest BCUT2D eigenvalue weighted by molar-refractivity contribution is 5.90. The van der Waals surface area contributed by atoms with E-state index in [1.54, 1.807) is 18.3 Å². The summed E-state index contributed by atoms with van der Waals surface area (Å²) in [6, 6.07) is 5.33. The van der Waals surface area contributed by atoms with Gasteiger partial charge in [-0.05, 0) is 37.3 Å². The number of amides is 2. The summed E-state index contributed by atoms with van der Waals surface area (Å²) >= 11 is 0. The average Bonchev–Trinajstić information content (AvgIpc) is 3.00. The topological polar surface area (TPSA) is 71.1 Å². The van der Waals surface area contributed by atoms with Gasteiger partial charge in [-0.1, -0.05) is 31.6 Å². The number of carbonyl (C=O) groups is 2. The summed E-state index contributed by atoms with van der Waals surface area (Å²) in [6.07, 6.45) is 4.02. The lowest BCUT2D eigenvalue weighted by atomic mass is 10.1. The first-order valence-corrected chi connectivity index (χ1v) is 7.96. The fourth-order valence-electron chi connectivity index (χ4n) is 2.90. The molecule has 2 N–H and O–H groups in total. The average molecular weight is 315 g/mol. The second-order valence-electron chi connectivity index (χ2n) is 6.87. The Balaban J connectivity index is 1.75. The Labute approximate surface area is 137 Å². The molecule has 0 radical (unpaired) electrons. The van der Waals surface area contributed by atoms with Gasteiger partial charge in [0.1, 0.15) is 5.82 Å². The van der Waals surface area contributed by atoms with Crippen LogP contribution in [0.15, 0.2) is 36.0 Å². The summed E-state index contributed by atoms with van der Waals surface area (Å²) in [5.74, 6) is 0.685. The van der Waals surface area contributed by atoms with Gasteiger partial charge in [0.2, 0.25) is 11.8 Å². The summed E-state index contributed by atoms with van der Waals surface area (Å²) < 4.78 is 0. The van der Waals surface area contributed by atoms with E-state index in [4.69, 9.17) is 0 Å². The molecule has 2 amide bonds. The second kappa shape index (κ2) is 6.94. The summed E-state index contributed by atoms with van der Waals surface area (Å²) in [5, 5.41) is 5.57. The molecule has 1 aliphatic carbocycles. The first kappa shape index (κ1) is 17.2. The first-order chi connectivity index (χ1) is 10.8. The number of anilines is 1. The number of carbonyl (C=O) groups excluding carboxylic acids is 2. The number of allylic oxidation sites excluding steroid dienone is 2. The summed E-state index contributed by atoms with van der Waals surface area (Å²) in [5.41, 5.74) is 1.23. The molecule has 23 heavy (non-hydrogen) atoms. The zero-order chi connectivity index (χ0) is 17.0. The smallest absolute Gasteiger partial charge is 0.227 e. The molecule has 1 aliphatic rings. The molecule has 124 valence electrons. The fraction of sp³-hybridized carbons (Fsp3) is 0.500. The van der Waals surface area contributed by atoms with Gasteiger partial charge >= 0.3 is 0 Å². The molecule has 0 unspecified atom stereocenters. The van der Waals surface area contributed by atoms with Crippen molar-refractivity contribution in [3.05, 3.63) is 36.0 Å². The van der Waals surface area contributed by atoms with Crippen molar-refractivity contribution in [3.63, 3.8) is 0 Å². The van der Waals surface area contributed by atoms with Crippen molar-refractivity contribution in [1.29, 1.82) is 0 Å². The van der Waals surface area contributed by atoms with Crippen LogP contribution in [0.25, 0.3) is 0 Å². The van der Waals surface area contributed by atoms with Gasteiger partial charge in [0.25, 0.3) is 0 Å². The summed E-state index contributed by atoms with van der Waals surface area (Å²) in [7, 11) is 0. The highest BCUT2D eigenvalue weighted by Crippen LogP contribution is 2.59. The molecule has 0 aromatic carbocycles.